The molecule has 0 aromatic heterocycles. The van der Waals surface area contributed by atoms with E-state index in [0.29, 0.717) is 5.02 Å². The van der Waals surface area contributed by atoms with E-state index in [0.717, 1.165) is 5.56 Å². The third kappa shape index (κ3) is 2.72. The zero-order valence-electron chi connectivity index (χ0n) is 8.00. The van der Waals surface area contributed by atoms with E-state index < -0.39 is 0 Å². The summed E-state index contributed by atoms with van der Waals surface area (Å²) < 4.78 is 4.56. The van der Waals surface area contributed by atoms with Crippen LogP contribution in [0.25, 0.3) is 0 Å². The molecule has 1 aromatic rings. The zero-order chi connectivity index (χ0) is 10.6. The number of rotatable bonds is 3. The quantitative estimate of drug-likeness (QED) is 0.769. The van der Waals surface area contributed by atoms with Gasteiger partial charge in [0, 0.05) is 10.6 Å². The van der Waals surface area contributed by atoms with Gasteiger partial charge in [-0.15, -0.1) is 0 Å². The predicted octanol–water partition coefficient (Wildman–Crippen LogP) is 1.19. The van der Waals surface area contributed by atoms with Crippen molar-refractivity contribution in [1.29, 1.82) is 0 Å². The van der Waals surface area contributed by atoms with Crippen LogP contribution in [0.15, 0.2) is 24.3 Å². The molecule has 1 aromatic carbocycles. The Kier molecular flexibility index (Phi) is 3.92. The molecule has 0 saturated heterocycles. The Labute approximate surface area is 87.8 Å². The van der Waals surface area contributed by atoms with Crippen LogP contribution in [-0.4, -0.2) is 13.1 Å². The van der Waals surface area contributed by atoms with Crippen molar-refractivity contribution < 1.29 is 15.3 Å². The van der Waals surface area contributed by atoms with Crippen LogP contribution >= 0.6 is 11.6 Å². The highest BCUT2D eigenvalue weighted by atomic mass is 35.5. The lowest BCUT2D eigenvalue weighted by atomic mass is 10.1. The molecule has 0 unspecified atom stereocenters. The smallest absolute Gasteiger partial charge is 0.311 e. The summed E-state index contributed by atoms with van der Waals surface area (Å²) >= 11 is 5.95. The average molecular weight is 215 g/mol. The second-order valence-electron chi connectivity index (χ2n) is 3.00. The van der Waals surface area contributed by atoms with Crippen LogP contribution in [0.3, 0.4) is 0 Å². The summed E-state index contributed by atoms with van der Waals surface area (Å²) in [5, 5.41) is 0.636. The molecular weight excluding hydrogens is 202 g/mol. The molecule has 0 fully saturated rings. The van der Waals surface area contributed by atoms with Crippen molar-refractivity contribution in [2.24, 2.45) is 0 Å². The number of ether oxygens (including phenoxy) is 1. The SMILES string of the molecule is COC(=O)C[C@H]([NH3+])c1ccccc1Cl. The van der Waals surface area contributed by atoms with E-state index in [2.05, 4.69) is 10.5 Å². The molecule has 0 saturated carbocycles. The van der Waals surface area contributed by atoms with Gasteiger partial charge >= 0.3 is 5.97 Å². The maximum Gasteiger partial charge on any atom is 0.311 e. The highest BCUT2D eigenvalue weighted by Crippen LogP contribution is 2.21. The van der Waals surface area contributed by atoms with Gasteiger partial charge in [-0.3, -0.25) is 4.79 Å². The van der Waals surface area contributed by atoms with Crippen molar-refractivity contribution in [2.75, 3.05) is 7.11 Å². The number of halogens is 1. The van der Waals surface area contributed by atoms with Gasteiger partial charge < -0.3 is 10.5 Å². The second kappa shape index (κ2) is 4.98. The number of esters is 1. The fraction of sp³-hybridized carbons (Fsp3) is 0.300. The van der Waals surface area contributed by atoms with E-state index in [4.69, 9.17) is 11.6 Å². The third-order valence-corrected chi connectivity index (χ3v) is 2.33. The molecule has 0 aliphatic carbocycles. The van der Waals surface area contributed by atoms with Gasteiger partial charge in [0.2, 0.25) is 0 Å². The van der Waals surface area contributed by atoms with E-state index in [1.807, 2.05) is 18.2 Å². The molecule has 0 aliphatic rings. The van der Waals surface area contributed by atoms with E-state index in [1.165, 1.54) is 7.11 Å². The zero-order valence-corrected chi connectivity index (χ0v) is 8.75. The Hall–Kier alpha value is -1.06. The summed E-state index contributed by atoms with van der Waals surface area (Å²) in [6, 6.07) is 7.21. The molecule has 3 nitrogen and oxygen atoms in total. The van der Waals surface area contributed by atoms with Crippen LogP contribution in [0.4, 0.5) is 0 Å². The summed E-state index contributed by atoms with van der Waals surface area (Å²) in [6.07, 6.45) is 0.250. The average Bonchev–Trinajstić information content (AvgIpc) is 2.18. The molecule has 0 radical (unpaired) electrons. The molecule has 0 bridgehead atoms. The second-order valence-corrected chi connectivity index (χ2v) is 3.41. The van der Waals surface area contributed by atoms with Crippen molar-refractivity contribution >= 4 is 17.6 Å². The number of hydrogen-bond acceptors (Lipinski definition) is 2. The first-order valence-corrected chi connectivity index (χ1v) is 4.67. The number of quaternary nitrogens is 1. The van der Waals surface area contributed by atoms with Gasteiger partial charge in [0.05, 0.1) is 7.11 Å². The van der Waals surface area contributed by atoms with Gasteiger partial charge in [0.25, 0.3) is 0 Å². The highest BCUT2D eigenvalue weighted by Gasteiger charge is 2.17. The molecule has 0 heterocycles. The molecule has 0 amide bonds. The van der Waals surface area contributed by atoms with Gasteiger partial charge in [-0.05, 0) is 6.07 Å². The standard InChI is InChI=1S/C10H12ClNO2/c1-14-10(13)6-9(12)7-4-2-3-5-8(7)11/h2-5,9H,6,12H2,1H3/p+1/t9-/m0/s1. The fourth-order valence-electron chi connectivity index (χ4n) is 1.20. The highest BCUT2D eigenvalue weighted by molar-refractivity contribution is 6.31. The molecule has 14 heavy (non-hydrogen) atoms. The number of methoxy groups -OCH3 is 1. The van der Waals surface area contributed by atoms with E-state index in [1.54, 1.807) is 6.07 Å². The topological polar surface area (TPSA) is 53.9 Å². The monoisotopic (exact) mass is 214 g/mol. The Bertz CT molecular complexity index is 328. The minimum absolute atomic E-state index is 0.156. The fourth-order valence-corrected chi connectivity index (χ4v) is 1.49. The molecule has 0 spiro atoms. The number of benzene rings is 1. The van der Waals surface area contributed by atoms with Gasteiger partial charge in [-0.25, -0.2) is 0 Å². The van der Waals surface area contributed by atoms with Crippen molar-refractivity contribution in [1.82, 2.24) is 0 Å². The van der Waals surface area contributed by atoms with E-state index >= 15 is 0 Å². The maximum atomic E-state index is 11.0. The summed E-state index contributed by atoms with van der Waals surface area (Å²) in [6.45, 7) is 0. The van der Waals surface area contributed by atoms with Gasteiger partial charge in [0.1, 0.15) is 12.5 Å². The maximum absolute atomic E-state index is 11.0. The van der Waals surface area contributed by atoms with Crippen LogP contribution in [-0.2, 0) is 9.53 Å². The molecule has 0 aliphatic heterocycles. The number of carbonyl (C=O) groups excluding carboxylic acids is 1. The Morgan fingerprint density at radius 3 is 2.79 bits per heavy atom. The van der Waals surface area contributed by atoms with E-state index in [9.17, 15) is 4.79 Å². The largest absolute Gasteiger partial charge is 0.469 e. The number of hydrogen-bond donors (Lipinski definition) is 1. The molecule has 3 N–H and O–H groups in total. The first-order valence-electron chi connectivity index (χ1n) is 4.29. The predicted molar refractivity (Wildman–Crippen MR) is 53.7 cm³/mol. The summed E-state index contributed by atoms with van der Waals surface area (Å²) in [5.74, 6) is -0.273. The van der Waals surface area contributed by atoms with Crippen LogP contribution in [0.5, 0.6) is 0 Å². The van der Waals surface area contributed by atoms with Crippen LogP contribution in [0, 0.1) is 0 Å². The Morgan fingerprint density at radius 1 is 1.57 bits per heavy atom. The lowest BCUT2D eigenvalue weighted by Crippen LogP contribution is -2.54. The van der Waals surface area contributed by atoms with Crippen molar-refractivity contribution in [3.8, 4) is 0 Å². The normalized spacial score (nSPS) is 12.2. The summed E-state index contributed by atoms with van der Waals surface area (Å²) in [5.41, 5.74) is 4.75. The van der Waals surface area contributed by atoms with Crippen molar-refractivity contribution in [3.05, 3.63) is 34.9 Å². The first kappa shape index (κ1) is 11.0. The van der Waals surface area contributed by atoms with Gasteiger partial charge in [0.15, 0.2) is 0 Å². The molecular formula is C10H13ClNO2+. The van der Waals surface area contributed by atoms with E-state index in [-0.39, 0.29) is 18.4 Å². The first-order chi connectivity index (χ1) is 6.65. The Morgan fingerprint density at radius 2 is 2.21 bits per heavy atom. The molecule has 4 heteroatoms. The minimum Gasteiger partial charge on any atom is -0.469 e. The summed E-state index contributed by atoms with van der Waals surface area (Å²) in [4.78, 5) is 11.0. The van der Waals surface area contributed by atoms with Gasteiger partial charge in [-0.2, -0.15) is 0 Å². The summed E-state index contributed by atoms with van der Waals surface area (Å²) in [7, 11) is 1.36. The third-order valence-electron chi connectivity index (χ3n) is 1.99. The molecule has 1 atom stereocenters. The van der Waals surface area contributed by atoms with Crippen LogP contribution in [0.2, 0.25) is 5.02 Å². The van der Waals surface area contributed by atoms with Gasteiger partial charge in [-0.1, -0.05) is 29.8 Å². The molecule has 76 valence electrons. The number of carbonyl (C=O) groups is 1. The van der Waals surface area contributed by atoms with Crippen molar-refractivity contribution in [3.63, 3.8) is 0 Å². The van der Waals surface area contributed by atoms with Crippen molar-refractivity contribution in [2.45, 2.75) is 12.5 Å². The van der Waals surface area contributed by atoms with Crippen LogP contribution < -0.4 is 5.73 Å². The van der Waals surface area contributed by atoms with Crippen LogP contribution in [0.1, 0.15) is 18.0 Å². The lowest BCUT2D eigenvalue weighted by molar-refractivity contribution is -0.425. The minimum atomic E-state index is -0.273. The Balaban J connectivity index is 2.74. The lowest BCUT2D eigenvalue weighted by Gasteiger charge is -2.08. The molecule has 1 rings (SSSR count).